The second-order valence-electron chi connectivity index (χ2n) is 7.67. The lowest BCUT2D eigenvalue weighted by molar-refractivity contribution is -0.136. The van der Waals surface area contributed by atoms with E-state index < -0.39 is 0 Å². The number of rotatable bonds is 8. The van der Waals surface area contributed by atoms with E-state index in [2.05, 4.69) is 5.32 Å². The molecule has 6 heteroatoms. The maximum Gasteiger partial charge on any atom is 0.260 e. The van der Waals surface area contributed by atoms with Gasteiger partial charge in [-0.25, -0.2) is 0 Å². The average molecular weight is 408 g/mol. The Labute approximate surface area is 177 Å². The Kier molecular flexibility index (Phi) is 7.60. The largest absolute Gasteiger partial charge is 0.484 e. The van der Waals surface area contributed by atoms with Crippen molar-refractivity contribution in [3.63, 3.8) is 0 Å². The number of nitrogens with one attached hydrogen (secondary N) is 1. The number of ether oxygens (including phenoxy) is 1. The average Bonchev–Trinajstić information content (AvgIpc) is 2.77. The van der Waals surface area contributed by atoms with Crippen LogP contribution in [0.15, 0.2) is 54.6 Å². The van der Waals surface area contributed by atoms with Crippen LogP contribution < -0.4 is 10.1 Å². The van der Waals surface area contributed by atoms with Gasteiger partial charge in [0.1, 0.15) is 11.5 Å². The van der Waals surface area contributed by atoms with Gasteiger partial charge in [-0.1, -0.05) is 30.3 Å². The number of amides is 2. The lowest BCUT2D eigenvalue weighted by Crippen LogP contribution is -2.45. The molecular formula is C24H28N2O4. The Balaban J connectivity index is 1.47. The number of benzene rings is 2. The molecule has 2 aromatic carbocycles. The number of piperidine rings is 1. The maximum absolute atomic E-state index is 12.6. The molecule has 3 rings (SSSR count). The number of carbonyl (C=O) groups is 3. The molecule has 0 aliphatic carbocycles. The van der Waals surface area contributed by atoms with Gasteiger partial charge < -0.3 is 19.7 Å². The summed E-state index contributed by atoms with van der Waals surface area (Å²) in [5.74, 6) is 0.389. The topological polar surface area (TPSA) is 75.7 Å². The Hall–Kier alpha value is -3.15. The molecule has 0 aromatic heterocycles. The van der Waals surface area contributed by atoms with Gasteiger partial charge >= 0.3 is 0 Å². The summed E-state index contributed by atoms with van der Waals surface area (Å²) in [6.07, 6.45) is 2.79. The minimum atomic E-state index is -0.219. The second-order valence-corrected chi connectivity index (χ2v) is 7.67. The van der Waals surface area contributed by atoms with Crippen molar-refractivity contribution in [3.05, 3.63) is 60.2 Å². The SMILES string of the molecule is CC(=O)CCc1ccc(OCC(=O)N2CCCC(C(=O)Nc3ccccc3)C2)cc1. The quantitative estimate of drug-likeness (QED) is 0.726. The number of hydrogen-bond donors (Lipinski definition) is 1. The number of hydrogen-bond acceptors (Lipinski definition) is 4. The Bertz CT molecular complexity index is 865. The monoisotopic (exact) mass is 408 g/mol. The first kappa shape index (κ1) is 21.6. The third kappa shape index (κ3) is 6.44. The molecule has 1 heterocycles. The normalized spacial score (nSPS) is 16.0. The molecule has 1 N–H and O–H groups in total. The van der Waals surface area contributed by atoms with Gasteiger partial charge in [-0.15, -0.1) is 0 Å². The minimum Gasteiger partial charge on any atom is -0.484 e. The molecule has 1 unspecified atom stereocenters. The molecule has 1 saturated heterocycles. The lowest BCUT2D eigenvalue weighted by atomic mass is 9.97. The summed E-state index contributed by atoms with van der Waals surface area (Å²) in [5.41, 5.74) is 1.83. The fourth-order valence-electron chi connectivity index (χ4n) is 3.49. The second kappa shape index (κ2) is 10.6. The van der Waals surface area contributed by atoms with E-state index in [9.17, 15) is 14.4 Å². The van der Waals surface area contributed by atoms with Crippen LogP contribution in [0.1, 0.15) is 31.7 Å². The van der Waals surface area contributed by atoms with Gasteiger partial charge in [0.2, 0.25) is 5.91 Å². The summed E-state index contributed by atoms with van der Waals surface area (Å²) in [6.45, 7) is 2.57. The van der Waals surface area contributed by atoms with Crippen molar-refractivity contribution in [1.82, 2.24) is 4.90 Å². The van der Waals surface area contributed by atoms with Crippen LogP contribution in [0.5, 0.6) is 5.75 Å². The summed E-state index contributed by atoms with van der Waals surface area (Å²) in [4.78, 5) is 37.9. The molecule has 1 aliphatic heterocycles. The van der Waals surface area contributed by atoms with E-state index in [0.717, 1.165) is 24.1 Å². The standard InChI is InChI=1S/C24H28N2O4/c1-18(27)9-10-19-11-13-22(14-12-19)30-17-23(28)26-15-5-6-20(16-26)24(29)25-21-7-3-2-4-8-21/h2-4,7-8,11-14,20H,5-6,9-10,15-17H2,1H3,(H,25,29). The predicted octanol–water partition coefficient (Wildman–Crippen LogP) is 3.46. The van der Waals surface area contributed by atoms with Crippen LogP contribution in [0, 0.1) is 5.92 Å². The summed E-state index contributed by atoms with van der Waals surface area (Å²) >= 11 is 0. The van der Waals surface area contributed by atoms with Gasteiger partial charge in [-0.05, 0) is 56.0 Å². The van der Waals surface area contributed by atoms with Crippen LogP contribution in [-0.4, -0.2) is 42.2 Å². The number of Topliss-reactive ketones (excluding diaryl/α,β-unsaturated/α-hetero) is 1. The summed E-state index contributed by atoms with van der Waals surface area (Å²) in [7, 11) is 0. The highest BCUT2D eigenvalue weighted by molar-refractivity contribution is 5.93. The number of aryl methyl sites for hydroxylation is 1. The van der Waals surface area contributed by atoms with E-state index in [0.29, 0.717) is 31.7 Å². The zero-order valence-corrected chi connectivity index (χ0v) is 17.3. The molecule has 2 aromatic rings. The van der Waals surface area contributed by atoms with Gasteiger partial charge in [0.05, 0.1) is 5.92 Å². The Morgan fingerprint density at radius 3 is 2.50 bits per heavy atom. The van der Waals surface area contributed by atoms with Crippen molar-refractivity contribution in [2.24, 2.45) is 5.92 Å². The number of carbonyl (C=O) groups excluding carboxylic acids is 3. The van der Waals surface area contributed by atoms with Crippen molar-refractivity contribution < 1.29 is 19.1 Å². The minimum absolute atomic E-state index is 0.0548. The van der Waals surface area contributed by atoms with E-state index >= 15 is 0 Å². The van der Waals surface area contributed by atoms with Crippen molar-refractivity contribution in [3.8, 4) is 5.75 Å². The van der Waals surface area contributed by atoms with Crippen molar-refractivity contribution in [1.29, 1.82) is 0 Å². The fraction of sp³-hybridized carbons (Fsp3) is 0.375. The third-order valence-corrected chi connectivity index (χ3v) is 5.24. The van der Waals surface area contributed by atoms with Crippen LogP contribution in [0.25, 0.3) is 0 Å². The van der Waals surface area contributed by atoms with Crippen LogP contribution in [0.2, 0.25) is 0 Å². The van der Waals surface area contributed by atoms with E-state index in [1.807, 2.05) is 54.6 Å². The van der Waals surface area contributed by atoms with Crippen molar-refractivity contribution in [2.45, 2.75) is 32.6 Å². The number of anilines is 1. The zero-order valence-electron chi connectivity index (χ0n) is 17.3. The van der Waals surface area contributed by atoms with Gasteiger partial charge in [0.15, 0.2) is 6.61 Å². The fourth-order valence-corrected chi connectivity index (χ4v) is 3.49. The molecule has 1 atom stereocenters. The number of nitrogens with zero attached hydrogens (tertiary/aromatic N) is 1. The molecule has 30 heavy (non-hydrogen) atoms. The lowest BCUT2D eigenvalue weighted by Gasteiger charge is -2.32. The van der Waals surface area contributed by atoms with Gasteiger partial charge in [-0.2, -0.15) is 0 Å². The van der Waals surface area contributed by atoms with Crippen molar-refractivity contribution in [2.75, 3.05) is 25.0 Å². The maximum atomic E-state index is 12.6. The number of para-hydroxylation sites is 1. The van der Waals surface area contributed by atoms with E-state index in [1.165, 1.54) is 0 Å². The Morgan fingerprint density at radius 1 is 1.07 bits per heavy atom. The molecule has 0 saturated carbocycles. The smallest absolute Gasteiger partial charge is 0.260 e. The summed E-state index contributed by atoms with van der Waals surface area (Å²) in [6, 6.07) is 16.8. The van der Waals surface area contributed by atoms with Crippen molar-refractivity contribution >= 4 is 23.3 Å². The molecule has 1 fully saturated rings. The number of ketones is 1. The first-order chi connectivity index (χ1) is 14.5. The zero-order chi connectivity index (χ0) is 21.3. The van der Waals surface area contributed by atoms with Gasteiger partial charge in [0, 0.05) is 25.2 Å². The highest BCUT2D eigenvalue weighted by Gasteiger charge is 2.28. The molecule has 0 radical (unpaired) electrons. The van der Waals surface area contributed by atoms with E-state index in [-0.39, 0.29) is 30.1 Å². The highest BCUT2D eigenvalue weighted by Crippen LogP contribution is 2.20. The predicted molar refractivity (Wildman–Crippen MR) is 115 cm³/mol. The molecule has 1 aliphatic rings. The van der Waals surface area contributed by atoms with Crippen LogP contribution in [-0.2, 0) is 20.8 Å². The summed E-state index contributed by atoms with van der Waals surface area (Å²) in [5, 5.41) is 2.92. The van der Waals surface area contributed by atoms with E-state index in [4.69, 9.17) is 4.74 Å². The Morgan fingerprint density at radius 2 is 1.80 bits per heavy atom. The van der Waals surface area contributed by atoms with Crippen LogP contribution >= 0.6 is 0 Å². The van der Waals surface area contributed by atoms with Gasteiger partial charge in [-0.3, -0.25) is 9.59 Å². The molecule has 158 valence electrons. The number of likely N-dealkylation sites (tertiary alicyclic amines) is 1. The first-order valence-electron chi connectivity index (χ1n) is 10.4. The third-order valence-electron chi connectivity index (χ3n) is 5.24. The summed E-state index contributed by atoms with van der Waals surface area (Å²) < 4.78 is 5.63. The van der Waals surface area contributed by atoms with Crippen LogP contribution in [0.4, 0.5) is 5.69 Å². The highest BCUT2D eigenvalue weighted by atomic mass is 16.5. The van der Waals surface area contributed by atoms with Gasteiger partial charge in [0.25, 0.3) is 5.91 Å². The molecular weight excluding hydrogens is 380 g/mol. The first-order valence-corrected chi connectivity index (χ1v) is 10.4. The van der Waals surface area contributed by atoms with E-state index in [1.54, 1.807) is 11.8 Å². The van der Waals surface area contributed by atoms with Crippen LogP contribution in [0.3, 0.4) is 0 Å². The molecule has 2 amide bonds. The molecule has 6 nitrogen and oxygen atoms in total. The molecule has 0 spiro atoms. The molecule has 0 bridgehead atoms.